The quantitative estimate of drug-likeness (QED) is 0.805. The van der Waals surface area contributed by atoms with Crippen LogP contribution in [0.15, 0.2) is 0 Å². The van der Waals surface area contributed by atoms with Gasteiger partial charge in [0.05, 0.1) is 18.0 Å². The van der Waals surface area contributed by atoms with E-state index < -0.39 is 18.6 Å². The number of nitrogens with zero attached hydrogens (tertiary/aromatic N) is 4. The lowest BCUT2D eigenvalue weighted by Crippen LogP contribution is -2.19. The van der Waals surface area contributed by atoms with Crippen LogP contribution in [0.4, 0.5) is 13.2 Å². The minimum Gasteiger partial charge on any atom is -0.309 e. The van der Waals surface area contributed by atoms with Crippen molar-refractivity contribution in [1.29, 1.82) is 0 Å². The first-order valence-corrected chi connectivity index (χ1v) is 6.88. The molecule has 1 unspecified atom stereocenters. The molecule has 8 heteroatoms. The summed E-state index contributed by atoms with van der Waals surface area (Å²) in [6, 6.07) is -0.768. The van der Waals surface area contributed by atoms with Crippen LogP contribution in [0.2, 0.25) is 0 Å². The zero-order valence-corrected chi connectivity index (χ0v) is 12.3. The summed E-state index contributed by atoms with van der Waals surface area (Å²) in [5.74, 6) is 0.515. The SMILES string of the molecule is CCn1nc(C)c2nc(CCl)n(C(C)CC(F)(F)F)c21. The molecule has 2 aromatic rings. The summed E-state index contributed by atoms with van der Waals surface area (Å²) in [7, 11) is 0. The first kappa shape index (κ1) is 15.2. The van der Waals surface area contributed by atoms with E-state index in [-0.39, 0.29) is 5.88 Å². The molecule has 0 saturated heterocycles. The van der Waals surface area contributed by atoms with E-state index in [4.69, 9.17) is 11.6 Å². The highest BCUT2D eigenvalue weighted by atomic mass is 35.5. The molecule has 20 heavy (non-hydrogen) atoms. The van der Waals surface area contributed by atoms with Crippen LogP contribution >= 0.6 is 11.6 Å². The van der Waals surface area contributed by atoms with E-state index in [1.165, 1.54) is 6.92 Å². The number of aryl methyl sites for hydroxylation is 2. The van der Waals surface area contributed by atoms with E-state index in [0.29, 0.717) is 29.2 Å². The van der Waals surface area contributed by atoms with E-state index >= 15 is 0 Å². The fourth-order valence-electron chi connectivity index (χ4n) is 2.44. The topological polar surface area (TPSA) is 35.6 Å². The van der Waals surface area contributed by atoms with Crippen LogP contribution in [0.25, 0.3) is 11.2 Å². The fraction of sp³-hybridized carbons (Fsp3) is 0.667. The summed E-state index contributed by atoms with van der Waals surface area (Å²) < 4.78 is 41.1. The van der Waals surface area contributed by atoms with Gasteiger partial charge in [-0.15, -0.1) is 11.6 Å². The number of hydrogen-bond acceptors (Lipinski definition) is 2. The first-order chi connectivity index (χ1) is 9.28. The van der Waals surface area contributed by atoms with Crippen LogP contribution in [0.1, 0.15) is 37.8 Å². The van der Waals surface area contributed by atoms with Crippen molar-refractivity contribution in [2.45, 2.75) is 51.8 Å². The molecule has 0 amide bonds. The van der Waals surface area contributed by atoms with Crippen LogP contribution in [0, 0.1) is 6.92 Å². The van der Waals surface area contributed by atoms with Crippen molar-refractivity contribution >= 4 is 22.8 Å². The average molecular weight is 309 g/mol. The van der Waals surface area contributed by atoms with Crippen LogP contribution in [0.3, 0.4) is 0 Å². The van der Waals surface area contributed by atoms with Crippen molar-refractivity contribution in [3.05, 3.63) is 11.5 Å². The number of fused-ring (bicyclic) bond motifs is 1. The van der Waals surface area contributed by atoms with Crippen LogP contribution in [0.5, 0.6) is 0 Å². The molecule has 4 nitrogen and oxygen atoms in total. The summed E-state index contributed by atoms with van der Waals surface area (Å²) in [5, 5.41) is 4.29. The van der Waals surface area contributed by atoms with Gasteiger partial charge in [-0.3, -0.25) is 0 Å². The molecule has 2 aromatic heterocycles. The Morgan fingerprint density at radius 2 is 2.00 bits per heavy atom. The molecule has 0 spiro atoms. The average Bonchev–Trinajstić information content (AvgIpc) is 2.84. The van der Waals surface area contributed by atoms with Gasteiger partial charge in [0.1, 0.15) is 11.3 Å². The van der Waals surface area contributed by atoms with Gasteiger partial charge >= 0.3 is 6.18 Å². The van der Waals surface area contributed by atoms with E-state index in [0.717, 1.165) is 0 Å². The van der Waals surface area contributed by atoms with Crippen molar-refractivity contribution in [2.75, 3.05) is 0 Å². The number of halogens is 4. The molecule has 0 aliphatic rings. The van der Waals surface area contributed by atoms with E-state index in [2.05, 4.69) is 10.1 Å². The molecule has 0 saturated carbocycles. The largest absolute Gasteiger partial charge is 0.391 e. The van der Waals surface area contributed by atoms with Crippen LogP contribution in [-0.2, 0) is 12.4 Å². The van der Waals surface area contributed by atoms with Gasteiger partial charge in [0.25, 0.3) is 0 Å². The molecule has 112 valence electrons. The Labute approximate surface area is 119 Å². The van der Waals surface area contributed by atoms with Crippen molar-refractivity contribution in [2.24, 2.45) is 0 Å². The number of imidazole rings is 1. The zero-order chi connectivity index (χ0) is 15.1. The summed E-state index contributed by atoms with van der Waals surface area (Å²) in [4.78, 5) is 4.33. The number of alkyl halides is 4. The summed E-state index contributed by atoms with van der Waals surface area (Å²) >= 11 is 5.83. The molecular formula is C12H16ClF3N4. The standard InChI is InChI=1S/C12H16ClF3N4/c1-4-19-11-10(8(3)18-19)17-9(6-13)20(11)7(2)5-12(14,15)16/h7H,4-6H2,1-3H3. The maximum absolute atomic E-state index is 12.6. The lowest BCUT2D eigenvalue weighted by atomic mass is 10.2. The Hall–Kier alpha value is -1.24. The normalized spacial score (nSPS) is 14.2. The molecule has 0 aromatic carbocycles. The van der Waals surface area contributed by atoms with Gasteiger partial charge in [0.2, 0.25) is 0 Å². The Morgan fingerprint density at radius 3 is 2.50 bits per heavy atom. The summed E-state index contributed by atoms with van der Waals surface area (Å²) in [6.45, 7) is 5.76. The molecular weight excluding hydrogens is 293 g/mol. The van der Waals surface area contributed by atoms with Crippen LogP contribution < -0.4 is 0 Å². The second-order valence-electron chi connectivity index (χ2n) is 4.77. The van der Waals surface area contributed by atoms with Crippen molar-refractivity contribution < 1.29 is 13.2 Å². The molecule has 2 heterocycles. The third-order valence-electron chi connectivity index (χ3n) is 3.20. The maximum Gasteiger partial charge on any atom is 0.391 e. The van der Waals surface area contributed by atoms with E-state index in [1.807, 2.05) is 6.92 Å². The first-order valence-electron chi connectivity index (χ1n) is 6.35. The third-order valence-corrected chi connectivity index (χ3v) is 3.44. The number of aromatic nitrogens is 4. The van der Waals surface area contributed by atoms with Crippen LogP contribution in [-0.4, -0.2) is 25.5 Å². The molecule has 0 radical (unpaired) electrons. The number of hydrogen-bond donors (Lipinski definition) is 0. The molecule has 0 aliphatic heterocycles. The number of rotatable bonds is 4. The predicted octanol–water partition coefficient (Wildman–Crippen LogP) is 3.81. The van der Waals surface area contributed by atoms with Gasteiger partial charge < -0.3 is 4.57 Å². The fourth-order valence-corrected chi connectivity index (χ4v) is 2.63. The highest BCUT2D eigenvalue weighted by Crippen LogP contribution is 2.32. The molecule has 0 aliphatic carbocycles. The maximum atomic E-state index is 12.6. The second kappa shape index (κ2) is 5.27. The highest BCUT2D eigenvalue weighted by molar-refractivity contribution is 6.16. The van der Waals surface area contributed by atoms with Gasteiger partial charge in [-0.05, 0) is 20.8 Å². The van der Waals surface area contributed by atoms with E-state index in [9.17, 15) is 13.2 Å². The Balaban J connectivity index is 2.60. The van der Waals surface area contributed by atoms with Gasteiger partial charge in [0.15, 0.2) is 5.65 Å². The van der Waals surface area contributed by atoms with Gasteiger partial charge in [-0.1, -0.05) is 0 Å². The minimum atomic E-state index is -4.23. The van der Waals surface area contributed by atoms with Crippen molar-refractivity contribution in [1.82, 2.24) is 19.3 Å². The monoisotopic (exact) mass is 308 g/mol. The molecule has 2 rings (SSSR count). The Kier molecular flexibility index (Phi) is 4.00. The van der Waals surface area contributed by atoms with Crippen molar-refractivity contribution in [3.8, 4) is 0 Å². The smallest absolute Gasteiger partial charge is 0.309 e. The summed E-state index contributed by atoms with van der Waals surface area (Å²) in [5.41, 5.74) is 1.93. The predicted molar refractivity (Wildman–Crippen MR) is 70.9 cm³/mol. The molecule has 0 N–H and O–H groups in total. The third kappa shape index (κ3) is 2.63. The highest BCUT2D eigenvalue weighted by Gasteiger charge is 2.33. The van der Waals surface area contributed by atoms with E-state index in [1.54, 1.807) is 16.2 Å². The Bertz CT molecular complexity index is 614. The van der Waals surface area contributed by atoms with Gasteiger partial charge in [0, 0.05) is 12.6 Å². The van der Waals surface area contributed by atoms with Gasteiger partial charge in [-0.2, -0.15) is 18.3 Å². The van der Waals surface area contributed by atoms with Gasteiger partial charge in [-0.25, -0.2) is 9.67 Å². The molecule has 0 fully saturated rings. The zero-order valence-electron chi connectivity index (χ0n) is 11.5. The lowest BCUT2D eigenvalue weighted by Gasteiger charge is -2.19. The minimum absolute atomic E-state index is 0.0695. The molecule has 1 atom stereocenters. The molecule has 0 bridgehead atoms. The summed E-state index contributed by atoms with van der Waals surface area (Å²) in [6.07, 6.45) is -5.15. The Morgan fingerprint density at radius 1 is 1.35 bits per heavy atom. The van der Waals surface area contributed by atoms with Crippen molar-refractivity contribution in [3.63, 3.8) is 0 Å². The second-order valence-corrected chi connectivity index (χ2v) is 5.04. The lowest BCUT2D eigenvalue weighted by molar-refractivity contribution is -0.141.